The van der Waals surface area contributed by atoms with E-state index in [0.717, 1.165) is 0 Å². The van der Waals surface area contributed by atoms with Gasteiger partial charge in [0.25, 0.3) is 0 Å². The average Bonchev–Trinajstić information content (AvgIpc) is 2.82. The number of hydrogen-bond acceptors (Lipinski definition) is 9. The van der Waals surface area contributed by atoms with Crippen molar-refractivity contribution in [3.8, 4) is 0 Å². The SMILES string of the molecule is COCO[C@H]1[C@@H](COC(=O)C(C)(C)C)C[C@H](OC(C)=O)C2[C@H]1C=C[C@@H]1C(C)(C)C(O)=C(C(=O)OC)C[C@]21C. The maximum atomic E-state index is 12.8. The van der Waals surface area contributed by atoms with Gasteiger partial charge in [-0.2, -0.15) is 0 Å². The molecule has 1 unspecified atom stereocenters. The smallest absolute Gasteiger partial charge is 0.337 e. The predicted octanol–water partition coefficient (Wildman–Crippen LogP) is 4.36. The van der Waals surface area contributed by atoms with Gasteiger partial charge in [-0.15, -0.1) is 0 Å². The van der Waals surface area contributed by atoms with Crippen LogP contribution in [0.1, 0.15) is 61.3 Å². The first-order chi connectivity index (χ1) is 17.6. The third-order valence-electron chi connectivity index (χ3n) is 8.59. The molecule has 0 saturated heterocycles. The van der Waals surface area contributed by atoms with Crippen molar-refractivity contribution < 1.29 is 43.2 Å². The fourth-order valence-electron chi connectivity index (χ4n) is 6.98. The molecular formula is C29H44O9. The summed E-state index contributed by atoms with van der Waals surface area (Å²) in [6.07, 6.45) is 3.91. The lowest BCUT2D eigenvalue weighted by atomic mass is 9.45. The molecule has 38 heavy (non-hydrogen) atoms. The average molecular weight is 537 g/mol. The second-order valence-electron chi connectivity index (χ2n) is 12.7. The Morgan fingerprint density at radius 3 is 2.32 bits per heavy atom. The molecule has 0 radical (unpaired) electrons. The molecule has 3 rings (SSSR count). The van der Waals surface area contributed by atoms with Crippen LogP contribution >= 0.6 is 0 Å². The Kier molecular flexibility index (Phi) is 8.73. The summed E-state index contributed by atoms with van der Waals surface area (Å²) in [6.45, 7) is 12.8. The van der Waals surface area contributed by atoms with Crippen molar-refractivity contribution in [1.29, 1.82) is 0 Å². The normalized spacial score (nSPS) is 34.1. The van der Waals surface area contributed by atoms with Gasteiger partial charge in [0, 0.05) is 37.2 Å². The van der Waals surface area contributed by atoms with Crippen molar-refractivity contribution >= 4 is 17.9 Å². The zero-order valence-electron chi connectivity index (χ0n) is 24.2. The van der Waals surface area contributed by atoms with Crippen LogP contribution in [0, 0.1) is 39.9 Å². The van der Waals surface area contributed by atoms with E-state index in [0.29, 0.717) is 6.42 Å². The lowest BCUT2D eigenvalue weighted by Gasteiger charge is -2.60. The van der Waals surface area contributed by atoms with E-state index >= 15 is 0 Å². The number of esters is 3. The zero-order chi connectivity index (χ0) is 28.6. The summed E-state index contributed by atoms with van der Waals surface area (Å²) in [4.78, 5) is 37.6. The minimum atomic E-state index is -0.763. The number of fused-ring (bicyclic) bond motifs is 3. The fraction of sp³-hybridized carbons (Fsp3) is 0.759. The van der Waals surface area contributed by atoms with Crippen LogP contribution in [0.2, 0.25) is 0 Å². The molecule has 0 aliphatic heterocycles. The van der Waals surface area contributed by atoms with E-state index in [1.165, 1.54) is 14.0 Å². The van der Waals surface area contributed by atoms with E-state index in [9.17, 15) is 19.5 Å². The highest BCUT2D eigenvalue weighted by molar-refractivity contribution is 5.89. The molecular weight excluding hydrogens is 492 g/mol. The number of hydrogen-bond donors (Lipinski definition) is 1. The summed E-state index contributed by atoms with van der Waals surface area (Å²) < 4.78 is 28.2. The topological polar surface area (TPSA) is 118 Å². The van der Waals surface area contributed by atoms with Gasteiger partial charge in [0.15, 0.2) is 0 Å². The second-order valence-corrected chi connectivity index (χ2v) is 12.7. The summed E-state index contributed by atoms with van der Waals surface area (Å²) in [6, 6.07) is 0. The highest BCUT2D eigenvalue weighted by Crippen LogP contribution is 2.63. The Hall–Kier alpha value is -2.39. The number of ether oxygens (including phenoxy) is 5. The van der Waals surface area contributed by atoms with Crippen LogP contribution in [0.25, 0.3) is 0 Å². The summed E-state index contributed by atoms with van der Waals surface area (Å²) in [5, 5.41) is 11.1. The summed E-state index contributed by atoms with van der Waals surface area (Å²) in [5.41, 5.74) is -1.77. The van der Waals surface area contributed by atoms with Crippen LogP contribution in [0.3, 0.4) is 0 Å². The molecule has 0 amide bonds. The molecule has 0 aromatic heterocycles. The third kappa shape index (κ3) is 5.50. The van der Waals surface area contributed by atoms with Gasteiger partial charge < -0.3 is 28.8 Å². The van der Waals surface area contributed by atoms with E-state index in [1.54, 1.807) is 27.9 Å². The molecule has 9 nitrogen and oxygen atoms in total. The van der Waals surface area contributed by atoms with Gasteiger partial charge in [0.05, 0.1) is 30.8 Å². The lowest BCUT2D eigenvalue weighted by molar-refractivity contribution is -0.203. The van der Waals surface area contributed by atoms with Gasteiger partial charge in [-0.3, -0.25) is 9.59 Å². The van der Waals surface area contributed by atoms with Crippen LogP contribution in [0.15, 0.2) is 23.5 Å². The maximum absolute atomic E-state index is 12.8. The monoisotopic (exact) mass is 536 g/mol. The zero-order valence-corrected chi connectivity index (χ0v) is 24.2. The van der Waals surface area contributed by atoms with Gasteiger partial charge in [-0.05, 0) is 44.9 Å². The molecule has 0 heterocycles. The molecule has 0 bridgehead atoms. The molecule has 214 valence electrons. The summed E-state index contributed by atoms with van der Waals surface area (Å²) in [7, 11) is 2.85. The van der Waals surface area contributed by atoms with E-state index in [1.807, 2.05) is 13.8 Å². The van der Waals surface area contributed by atoms with E-state index < -0.39 is 40.4 Å². The Balaban J connectivity index is 2.09. The predicted molar refractivity (Wildman–Crippen MR) is 139 cm³/mol. The quantitative estimate of drug-likeness (QED) is 0.219. The summed E-state index contributed by atoms with van der Waals surface area (Å²) >= 11 is 0. The molecule has 3 aliphatic rings. The maximum Gasteiger partial charge on any atom is 0.337 e. The largest absolute Gasteiger partial charge is 0.511 e. The first-order valence-electron chi connectivity index (χ1n) is 13.2. The number of rotatable bonds is 7. The first kappa shape index (κ1) is 30.2. The van der Waals surface area contributed by atoms with Crippen LogP contribution in [0.4, 0.5) is 0 Å². The number of aliphatic hydroxyl groups is 1. The molecule has 9 heteroatoms. The number of allylic oxidation sites excluding steroid dienone is 2. The van der Waals surface area contributed by atoms with Gasteiger partial charge >= 0.3 is 17.9 Å². The minimum Gasteiger partial charge on any atom is -0.511 e. The molecule has 0 aromatic carbocycles. The van der Waals surface area contributed by atoms with Crippen molar-refractivity contribution in [2.45, 2.75) is 73.5 Å². The minimum absolute atomic E-state index is 0.0222. The fourth-order valence-corrected chi connectivity index (χ4v) is 6.98. The lowest BCUT2D eigenvalue weighted by Crippen LogP contribution is -2.61. The van der Waals surface area contributed by atoms with Crippen LogP contribution in [-0.4, -0.2) is 62.8 Å². The second kappa shape index (κ2) is 11.0. The highest BCUT2D eigenvalue weighted by atomic mass is 16.7. The molecule has 3 aliphatic carbocycles. The first-order valence-corrected chi connectivity index (χ1v) is 13.2. The number of carbonyl (C=O) groups excluding carboxylic acids is 3. The van der Waals surface area contributed by atoms with Crippen LogP contribution < -0.4 is 0 Å². The number of methoxy groups -OCH3 is 2. The van der Waals surface area contributed by atoms with Gasteiger partial charge in [0.2, 0.25) is 0 Å². The van der Waals surface area contributed by atoms with E-state index in [2.05, 4.69) is 19.1 Å². The molecule has 0 spiro atoms. The van der Waals surface area contributed by atoms with Crippen molar-refractivity contribution in [2.24, 2.45) is 39.9 Å². The van der Waals surface area contributed by atoms with Gasteiger partial charge in [-0.1, -0.05) is 32.9 Å². The Morgan fingerprint density at radius 2 is 1.76 bits per heavy atom. The van der Waals surface area contributed by atoms with Crippen molar-refractivity contribution in [3.63, 3.8) is 0 Å². The standard InChI is InChI=1S/C29H44O9/c1-16(30)38-20-12-17(14-36-26(33)27(2,3)4)23(37-15-34-8)18-10-11-21-28(5,6)24(31)19(25(32)35-9)13-29(21,7)22(18)20/h10-11,17-18,20-23,31H,12-15H2,1-9H3/t17-,18-,20+,21-,22?,23+,29+/m1/s1. The van der Waals surface area contributed by atoms with E-state index in [4.69, 9.17) is 23.7 Å². The number of aliphatic hydroxyl groups excluding tert-OH is 1. The summed E-state index contributed by atoms with van der Waals surface area (Å²) in [5.74, 6) is -2.16. The Labute approximate surface area is 225 Å². The third-order valence-corrected chi connectivity index (χ3v) is 8.59. The van der Waals surface area contributed by atoms with Crippen LogP contribution in [0.5, 0.6) is 0 Å². The van der Waals surface area contributed by atoms with Gasteiger partial charge in [0.1, 0.15) is 18.7 Å². The van der Waals surface area contributed by atoms with Crippen molar-refractivity contribution in [1.82, 2.24) is 0 Å². The Morgan fingerprint density at radius 1 is 1.11 bits per heavy atom. The van der Waals surface area contributed by atoms with Crippen LogP contribution in [-0.2, 0) is 38.1 Å². The molecule has 1 N–H and O–H groups in total. The molecule has 1 fully saturated rings. The highest BCUT2D eigenvalue weighted by Gasteiger charge is 2.62. The number of carbonyl (C=O) groups is 3. The molecule has 0 aromatic rings. The van der Waals surface area contributed by atoms with Gasteiger partial charge in [-0.25, -0.2) is 4.79 Å². The van der Waals surface area contributed by atoms with E-state index in [-0.39, 0.29) is 60.8 Å². The Bertz CT molecular complexity index is 988. The molecule has 7 atom stereocenters. The molecule has 1 saturated carbocycles. The van der Waals surface area contributed by atoms with Crippen molar-refractivity contribution in [2.75, 3.05) is 27.6 Å². The van der Waals surface area contributed by atoms with Crippen molar-refractivity contribution in [3.05, 3.63) is 23.5 Å².